The van der Waals surface area contributed by atoms with Crippen molar-refractivity contribution in [2.24, 2.45) is 0 Å². The first-order valence-corrected chi connectivity index (χ1v) is 8.46. The second kappa shape index (κ2) is 6.85. The predicted molar refractivity (Wildman–Crippen MR) is 90.8 cm³/mol. The van der Waals surface area contributed by atoms with Crippen LogP contribution in [0.1, 0.15) is 16.1 Å². The molecular weight excluding hydrogens is 344 g/mol. The van der Waals surface area contributed by atoms with Crippen molar-refractivity contribution >= 4 is 17.5 Å². The summed E-state index contributed by atoms with van der Waals surface area (Å²) in [4.78, 5) is 16.5. The molecule has 0 atom stereocenters. The van der Waals surface area contributed by atoms with Gasteiger partial charge in [0, 0.05) is 32.7 Å². The lowest BCUT2D eigenvalue weighted by Gasteiger charge is -2.34. The van der Waals surface area contributed by atoms with E-state index >= 15 is 0 Å². The molecule has 2 aromatic rings. The number of piperazine rings is 1. The van der Waals surface area contributed by atoms with Crippen molar-refractivity contribution in [1.29, 1.82) is 0 Å². The van der Waals surface area contributed by atoms with Gasteiger partial charge in [-0.15, -0.1) is 10.2 Å². The highest BCUT2D eigenvalue weighted by Crippen LogP contribution is 2.32. The van der Waals surface area contributed by atoms with Crippen LogP contribution in [0.4, 0.5) is 0 Å². The van der Waals surface area contributed by atoms with Crippen LogP contribution in [0.2, 0.25) is 5.15 Å². The molecule has 0 aliphatic carbocycles. The lowest BCUT2D eigenvalue weighted by molar-refractivity contribution is 0.0621. The molecule has 2 aliphatic heterocycles. The summed E-state index contributed by atoms with van der Waals surface area (Å²) in [5.74, 6) is 1.49. The number of benzene rings is 1. The second-order valence-electron chi connectivity index (χ2n) is 6.00. The third-order valence-corrected chi connectivity index (χ3v) is 4.56. The van der Waals surface area contributed by atoms with Gasteiger partial charge in [-0.3, -0.25) is 9.69 Å². The number of nitrogens with zero attached hydrogens (tertiary/aromatic N) is 4. The molecule has 0 unspecified atom stereocenters. The van der Waals surface area contributed by atoms with Crippen LogP contribution >= 0.6 is 11.6 Å². The van der Waals surface area contributed by atoms with E-state index in [0.717, 1.165) is 31.1 Å². The molecule has 1 aromatic heterocycles. The summed E-state index contributed by atoms with van der Waals surface area (Å²) < 4.78 is 10.8. The van der Waals surface area contributed by atoms with Crippen molar-refractivity contribution < 1.29 is 14.3 Å². The van der Waals surface area contributed by atoms with Crippen molar-refractivity contribution in [2.45, 2.75) is 6.54 Å². The minimum absolute atomic E-state index is 0.105. The van der Waals surface area contributed by atoms with Gasteiger partial charge < -0.3 is 14.4 Å². The molecule has 130 valence electrons. The van der Waals surface area contributed by atoms with Crippen LogP contribution in [-0.2, 0) is 6.54 Å². The summed E-state index contributed by atoms with van der Waals surface area (Å²) in [7, 11) is 0. The smallest absolute Gasteiger partial charge is 0.274 e. The Hall–Kier alpha value is -2.38. The van der Waals surface area contributed by atoms with Gasteiger partial charge in [0.1, 0.15) is 0 Å². The molecule has 0 spiro atoms. The van der Waals surface area contributed by atoms with E-state index in [4.69, 9.17) is 21.1 Å². The Bertz CT molecular complexity index is 776. The number of amides is 1. The van der Waals surface area contributed by atoms with Crippen LogP contribution in [0.3, 0.4) is 0 Å². The highest BCUT2D eigenvalue weighted by atomic mass is 35.5. The normalized spacial score (nSPS) is 16.9. The number of hydrogen-bond donors (Lipinski definition) is 0. The van der Waals surface area contributed by atoms with Crippen LogP contribution < -0.4 is 9.47 Å². The third-order valence-electron chi connectivity index (χ3n) is 4.35. The summed E-state index contributed by atoms with van der Waals surface area (Å²) in [6, 6.07) is 9.20. The van der Waals surface area contributed by atoms with Gasteiger partial charge >= 0.3 is 0 Å². The maximum Gasteiger partial charge on any atom is 0.274 e. The Kier molecular flexibility index (Phi) is 4.42. The fourth-order valence-corrected chi connectivity index (χ4v) is 3.10. The van der Waals surface area contributed by atoms with E-state index in [0.29, 0.717) is 18.8 Å². The third kappa shape index (κ3) is 3.52. The number of carbonyl (C=O) groups is 1. The van der Waals surface area contributed by atoms with E-state index in [1.807, 2.05) is 18.2 Å². The topological polar surface area (TPSA) is 67.8 Å². The van der Waals surface area contributed by atoms with Gasteiger partial charge in [0.25, 0.3) is 5.91 Å². The molecule has 0 saturated carbocycles. The number of ether oxygens (including phenoxy) is 2. The Morgan fingerprint density at radius 2 is 1.84 bits per heavy atom. The fourth-order valence-electron chi connectivity index (χ4n) is 3.00. The van der Waals surface area contributed by atoms with Crippen molar-refractivity contribution in [3.05, 3.63) is 46.7 Å². The highest BCUT2D eigenvalue weighted by molar-refractivity contribution is 6.29. The van der Waals surface area contributed by atoms with Gasteiger partial charge in [-0.2, -0.15) is 0 Å². The van der Waals surface area contributed by atoms with Crippen molar-refractivity contribution in [1.82, 2.24) is 20.0 Å². The summed E-state index contributed by atoms with van der Waals surface area (Å²) in [5, 5.41) is 7.87. The number of hydrogen-bond acceptors (Lipinski definition) is 6. The summed E-state index contributed by atoms with van der Waals surface area (Å²) in [5.41, 5.74) is 1.50. The van der Waals surface area contributed by atoms with E-state index in [9.17, 15) is 4.79 Å². The molecule has 1 saturated heterocycles. The molecule has 4 rings (SSSR count). The summed E-state index contributed by atoms with van der Waals surface area (Å²) >= 11 is 5.71. The molecule has 25 heavy (non-hydrogen) atoms. The van der Waals surface area contributed by atoms with Gasteiger partial charge in [-0.05, 0) is 29.8 Å². The molecule has 1 amide bonds. The Morgan fingerprint density at radius 1 is 1.04 bits per heavy atom. The maximum atomic E-state index is 12.4. The van der Waals surface area contributed by atoms with E-state index in [-0.39, 0.29) is 17.9 Å². The fraction of sp³-hybridized carbons (Fsp3) is 0.353. The minimum Gasteiger partial charge on any atom is -0.454 e. The monoisotopic (exact) mass is 360 g/mol. The van der Waals surface area contributed by atoms with E-state index < -0.39 is 0 Å². The molecule has 0 radical (unpaired) electrons. The molecule has 3 heterocycles. The van der Waals surface area contributed by atoms with Gasteiger partial charge in [0.05, 0.1) is 0 Å². The summed E-state index contributed by atoms with van der Waals surface area (Å²) in [6.45, 7) is 4.04. The standard InChI is InChI=1S/C17H17ClN4O3/c18-16-4-2-13(19-20-16)17(23)22-7-5-21(6-8-22)10-12-1-3-14-15(9-12)25-11-24-14/h1-4,9H,5-8,10-11H2. The van der Waals surface area contributed by atoms with Crippen LogP contribution in [0.5, 0.6) is 11.5 Å². The number of fused-ring (bicyclic) bond motifs is 1. The van der Waals surface area contributed by atoms with Crippen molar-refractivity contribution in [3.8, 4) is 11.5 Å². The minimum atomic E-state index is -0.105. The molecule has 1 fully saturated rings. The molecule has 8 heteroatoms. The maximum absolute atomic E-state index is 12.4. The van der Waals surface area contributed by atoms with Crippen molar-refractivity contribution in [2.75, 3.05) is 33.0 Å². The number of aromatic nitrogens is 2. The van der Waals surface area contributed by atoms with E-state index in [1.54, 1.807) is 17.0 Å². The zero-order chi connectivity index (χ0) is 17.2. The predicted octanol–water partition coefficient (Wildman–Crippen LogP) is 1.82. The summed E-state index contributed by atoms with van der Waals surface area (Å²) in [6.07, 6.45) is 0. The average Bonchev–Trinajstić information content (AvgIpc) is 3.10. The number of carbonyl (C=O) groups excluding carboxylic acids is 1. The Balaban J connectivity index is 1.33. The second-order valence-corrected chi connectivity index (χ2v) is 6.38. The van der Waals surface area contributed by atoms with Gasteiger partial charge in [-0.1, -0.05) is 17.7 Å². The average molecular weight is 361 g/mol. The first-order chi connectivity index (χ1) is 12.2. The zero-order valence-electron chi connectivity index (χ0n) is 13.5. The molecule has 0 bridgehead atoms. The van der Waals surface area contributed by atoms with Crippen LogP contribution in [0.15, 0.2) is 30.3 Å². The van der Waals surface area contributed by atoms with Crippen LogP contribution in [-0.4, -0.2) is 58.9 Å². The highest BCUT2D eigenvalue weighted by Gasteiger charge is 2.23. The molecule has 1 aromatic carbocycles. The van der Waals surface area contributed by atoms with E-state index in [1.165, 1.54) is 5.56 Å². The van der Waals surface area contributed by atoms with Gasteiger partial charge in [0.2, 0.25) is 6.79 Å². The molecule has 2 aliphatic rings. The quantitative estimate of drug-likeness (QED) is 0.831. The lowest BCUT2D eigenvalue weighted by Crippen LogP contribution is -2.48. The first-order valence-electron chi connectivity index (χ1n) is 8.08. The van der Waals surface area contributed by atoms with E-state index in [2.05, 4.69) is 15.1 Å². The Morgan fingerprint density at radius 3 is 2.60 bits per heavy atom. The lowest BCUT2D eigenvalue weighted by atomic mass is 10.1. The number of halogens is 1. The van der Waals surface area contributed by atoms with Crippen LogP contribution in [0, 0.1) is 0 Å². The first kappa shape index (κ1) is 16.1. The largest absolute Gasteiger partial charge is 0.454 e. The Labute approximate surface area is 150 Å². The molecular formula is C17H17ClN4O3. The zero-order valence-corrected chi connectivity index (χ0v) is 14.3. The van der Waals surface area contributed by atoms with Crippen molar-refractivity contribution in [3.63, 3.8) is 0 Å². The molecule has 7 nitrogen and oxygen atoms in total. The van der Waals surface area contributed by atoms with Gasteiger partial charge in [0.15, 0.2) is 22.3 Å². The van der Waals surface area contributed by atoms with Gasteiger partial charge in [-0.25, -0.2) is 0 Å². The SMILES string of the molecule is O=C(c1ccc(Cl)nn1)N1CCN(Cc2ccc3c(c2)OCO3)CC1. The van der Waals surface area contributed by atoms with Crippen LogP contribution in [0.25, 0.3) is 0 Å². The number of rotatable bonds is 3. The molecule has 0 N–H and O–H groups in total.